The number of amides is 2. The summed E-state index contributed by atoms with van der Waals surface area (Å²) in [6, 6.07) is 13.0. The first-order valence-electron chi connectivity index (χ1n) is 8.72. The zero-order valence-corrected chi connectivity index (χ0v) is 15.2. The molecule has 4 rings (SSSR count). The van der Waals surface area contributed by atoms with Crippen molar-refractivity contribution in [1.29, 1.82) is 0 Å². The van der Waals surface area contributed by atoms with E-state index in [1.54, 1.807) is 34.7 Å². The number of carbonyl (C=O) groups excluding carboxylic acids is 2. The molecule has 0 aliphatic carbocycles. The lowest BCUT2D eigenvalue weighted by Crippen LogP contribution is -2.37. The average Bonchev–Trinajstić information content (AvgIpc) is 2.67. The highest BCUT2D eigenvalue weighted by Gasteiger charge is 2.25. The topological polar surface area (TPSA) is 71.4 Å². The van der Waals surface area contributed by atoms with Crippen molar-refractivity contribution >= 4 is 28.4 Å². The predicted molar refractivity (Wildman–Crippen MR) is 104 cm³/mol. The summed E-state index contributed by atoms with van der Waals surface area (Å²) in [5.74, 6) is -0.535. The van der Waals surface area contributed by atoms with E-state index in [1.165, 1.54) is 6.20 Å². The molecule has 0 bridgehead atoms. The number of rotatable bonds is 3. The Kier molecular flexibility index (Phi) is 4.03. The van der Waals surface area contributed by atoms with E-state index in [4.69, 9.17) is 0 Å². The van der Waals surface area contributed by atoms with Crippen LogP contribution in [-0.4, -0.2) is 23.4 Å². The third-order valence-electron chi connectivity index (χ3n) is 4.94. The van der Waals surface area contributed by atoms with Crippen LogP contribution in [0.15, 0.2) is 53.5 Å². The second-order valence-electron chi connectivity index (χ2n) is 6.79. The fraction of sp³-hybridized carbons (Fsp3) is 0.190. The van der Waals surface area contributed by atoms with Crippen LogP contribution in [0.1, 0.15) is 21.5 Å². The molecule has 0 spiro atoms. The monoisotopic (exact) mass is 361 g/mol. The highest BCUT2D eigenvalue weighted by Crippen LogP contribution is 2.28. The van der Waals surface area contributed by atoms with E-state index >= 15 is 0 Å². The number of benzene rings is 2. The third kappa shape index (κ3) is 2.89. The Morgan fingerprint density at radius 1 is 1.11 bits per heavy atom. The summed E-state index contributed by atoms with van der Waals surface area (Å²) in [5, 5.41) is 3.24. The highest BCUT2D eigenvalue weighted by atomic mass is 16.2. The van der Waals surface area contributed by atoms with Gasteiger partial charge in [0.1, 0.15) is 12.1 Å². The molecule has 27 heavy (non-hydrogen) atoms. The first-order chi connectivity index (χ1) is 13.0. The van der Waals surface area contributed by atoms with Crippen LogP contribution in [-0.2, 0) is 17.9 Å². The largest absolute Gasteiger partial charge is 0.348 e. The normalized spacial score (nSPS) is 13.1. The Labute approximate surface area is 156 Å². The van der Waals surface area contributed by atoms with Gasteiger partial charge in [0.25, 0.3) is 5.91 Å². The van der Waals surface area contributed by atoms with Crippen LogP contribution in [0.25, 0.3) is 10.9 Å². The molecule has 0 atom stereocenters. The maximum atomic E-state index is 12.9. The van der Waals surface area contributed by atoms with E-state index in [2.05, 4.69) is 5.32 Å². The Bertz CT molecular complexity index is 1130. The van der Waals surface area contributed by atoms with E-state index in [-0.39, 0.29) is 23.4 Å². The van der Waals surface area contributed by atoms with Gasteiger partial charge in [-0.3, -0.25) is 14.4 Å². The third-order valence-corrected chi connectivity index (χ3v) is 4.94. The molecular formula is C21H19N3O3. The second kappa shape index (κ2) is 6.39. The van der Waals surface area contributed by atoms with Gasteiger partial charge < -0.3 is 14.8 Å². The summed E-state index contributed by atoms with van der Waals surface area (Å²) < 4.78 is 1.69. The second-order valence-corrected chi connectivity index (χ2v) is 6.79. The van der Waals surface area contributed by atoms with Crippen LogP contribution < -0.4 is 15.6 Å². The number of carbonyl (C=O) groups is 2. The average molecular weight is 361 g/mol. The minimum atomic E-state index is -0.442. The van der Waals surface area contributed by atoms with Gasteiger partial charge in [0.05, 0.1) is 11.2 Å². The minimum absolute atomic E-state index is 0.0455. The maximum absolute atomic E-state index is 12.9. The summed E-state index contributed by atoms with van der Waals surface area (Å²) in [6.45, 7) is 2.43. The molecule has 3 aromatic rings. The van der Waals surface area contributed by atoms with E-state index in [9.17, 15) is 14.4 Å². The van der Waals surface area contributed by atoms with Crippen molar-refractivity contribution in [2.75, 3.05) is 11.9 Å². The molecule has 6 nitrogen and oxygen atoms in total. The summed E-state index contributed by atoms with van der Waals surface area (Å²) in [4.78, 5) is 39.3. The van der Waals surface area contributed by atoms with Crippen molar-refractivity contribution in [3.05, 3.63) is 75.6 Å². The Hall–Kier alpha value is -3.41. The molecule has 0 radical (unpaired) electrons. The molecule has 0 fully saturated rings. The standard InChI is InChI=1S/C21H19N3O3/c1-13-6-8-14(9-7-13)10-22-21(27)16-11-24-12-18(25)23(2)17-5-3-4-15(19(17)24)20(16)26/h3-9,11H,10,12H2,1-2H3,(H,22,27). The molecule has 0 saturated heterocycles. The number of hydrogen-bond acceptors (Lipinski definition) is 3. The fourth-order valence-corrected chi connectivity index (χ4v) is 3.37. The predicted octanol–water partition coefficient (Wildman–Crippen LogP) is 2.22. The quantitative estimate of drug-likeness (QED) is 0.778. The molecule has 2 aromatic carbocycles. The number of hydrogen-bond donors (Lipinski definition) is 1. The Balaban J connectivity index is 1.71. The highest BCUT2D eigenvalue weighted by molar-refractivity contribution is 6.07. The van der Waals surface area contributed by atoms with Gasteiger partial charge in [0, 0.05) is 25.2 Å². The van der Waals surface area contributed by atoms with Crippen molar-refractivity contribution < 1.29 is 9.59 Å². The number of anilines is 1. The van der Waals surface area contributed by atoms with Gasteiger partial charge >= 0.3 is 0 Å². The lowest BCUT2D eigenvalue weighted by Gasteiger charge is -2.27. The Morgan fingerprint density at radius 2 is 1.85 bits per heavy atom. The van der Waals surface area contributed by atoms with Crippen molar-refractivity contribution in [1.82, 2.24) is 9.88 Å². The van der Waals surface area contributed by atoms with Gasteiger partial charge in [0.2, 0.25) is 11.3 Å². The first-order valence-corrected chi connectivity index (χ1v) is 8.72. The lowest BCUT2D eigenvalue weighted by atomic mass is 10.1. The van der Waals surface area contributed by atoms with Crippen LogP contribution >= 0.6 is 0 Å². The molecule has 6 heteroatoms. The fourth-order valence-electron chi connectivity index (χ4n) is 3.37. The molecule has 2 heterocycles. The van der Waals surface area contributed by atoms with Crippen LogP contribution in [0.3, 0.4) is 0 Å². The molecule has 1 aliphatic rings. The van der Waals surface area contributed by atoms with Gasteiger partial charge in [-0.1, -0.05) is 35.9 Å². The number of nitrogens with one attached hydrogen (secondary N) is 1. The van der Waals surface area contributed by atoms with E-state index in [0.717, 1.165) is 11.1 Å². The zero-order valence-electron chi connectivity index (χ0n) is 15.2. The van der Waals surface area contributed by atoms with Gasteiger partial charge in [-0.25, -0.2) is 0 Å². The molecule has 1 aromatic heterocycles. The smallest absolute Gasteiger partial charge is 0.257 e. The number of aromatic nitrogens is 1. The van der Waals surface area contributed by atoms with Gasteiger partial charge in [-0.15, -0.1) is 0 Å². The summed E-state index contributed by atoms with van der Waals surface area (Å²) >= 11 is 0. The van der Waals surface area contributed by atoms with Crippen LogP contribution in [0.5, 0.6) is 0 Å². The van der Waals surface area contributed by atoms with Gasteiger partial charge in [0.15, 0.2) is 0 Å². The molecule has 136 valence electrons. The maximum Gasteiger partial charge on any atom is 0.257 e. The summed E-state index contributed by atoms with van der Waals surface area (Å²) in [7, 11) is 1.69. The van der Waals surface area contributed by atoms with E-state index < -0.39 is 5.91 Å². The lowest BCUT2D eigenvalue weighted by molar-refractivity contribution is -0.119. The van der Waals surface area contributed by atoms with E-state index in [0.29, 0.717) is 23.1 Å². The molecule has 1 aliphatic heterocycles. The SMILES string of the molecule is Cc1ccc(CNC(=O)c2cn3c4c(cccc4c2=O)N(C)C(=O)C3)cc1. The number of para-hydroxylation sites is 1. The van der Waals surface area contributed by atoms with Gasteiger partial charge in [-0.05, 0) is 24.6 Å². The number of pyridine rings is 1. The van der Waals surface area contributed by atoms with E-state index in [1.807, 2.05) is 31.2 Å². The minimum Gasteiger partial charge on any atom is -0.348 e. The van der Waals surface area contributed by atoms with Crippen molar-refractivity contribution in [3.63, 3.8) is 0 Å². The van der Waals surface area contributed by atoms with Crippen LogP contribution in [0.2, 0.25) is 0 Å². The number of aryl methyl sites for hydroxylation is 1. The molecule has 0 saturated carbocycles. The summed E-state index contributed by atoms with van der Waals surface area (Å²) in [6.07, 6.45) is 1.49. The first kappa shape index (κ1) is 17.0. The van der Waals surface area contributed by atoms with Crippen molar-refractivity contribution in [2.24, 2.45) is 0 Å². The van der Waals surface area contributed by atoms with Gasteiger partial charge in [-0.2, -0.15) is 0 Å². The molecule has 0 unspecified atom stereocenters. The zero-order chi connectivity index (χ0) is 19.1. The van der Waals surface area contributed by atoms with Crippen LogP contribution in [0, 0.1) is 6.92 Å². The Morgan fingerprint density at radius 3 is 2.59 bits per heavy atom. The summed E-state index contributed by atoms with van der Waals surface area (Å²) in [5.41, 5.74) is 3.17. The molecular weight excluding hydrogens is 342 g/mol. The van der Waals surface area contributed by atoms with Crippen molar-refractivity contribution in [3.8, 4) is 0 Å². The number of nitrogens with zero attached hydrogens (tertiary/aromatic N) is 2. The van der Waals surface area contributed by atoms with Crippen molar-refractivity contribution in [2.45, 2.75) is 20.0 Å². The van der Waals surface area contributed by atoms with Crippen LogP contribution in [0.4, 0.5) is 5.69 Å². The number of likely N-dealkylation sites (N-methyl/N-ethyl adjacent to an activating group) is 1. The molecule has 1 N–H and O–H groups in total. The molecule has 2 amide bonds.